The summed E-state index contributed by atoms with van der Waals surface area (Å²) in [4.78, 5) is 21.9. The molecule has 0 atom stereocenters. The normalized spacial score (nSPS) is 14.6. The number of fused-ring (bicyclic) bond motifs is 1. The molecule has 4 heterocycles. The Balaban J connectivity index is 0.000000500. The Kier molecular flexibility index (Phi) is 12.6. The maximum atomic E-state index is 5.40. The first kappa shape index (κ1) is 27.5. The average molecular weight is 654 g/mol. The number of hydrogen-bond donors (Lipinski definition) is 0. The molecule has 2 aromatic heterocycles. The molecule has 159 valence electrons. The number of aryl methyl sites for hydroxylation is 1. The van der Waals surface area contributed by atoms with Crippen LogP contribution in [-0.2, 0) is 64.9 Å². The van der Waals surface area contributed by atoms with Crippen LogP contribution >= 0.6 is 0 Å². The van der Waals surface area contributed by atoms with Gasteiger partial charge in [-0.3, -0.25) is 7.05 Å². The van der Waals surface area contributed by atoms with E-state index >= 15 is 0 Å². The molecule has 1 fully saturated rings. The van der Waals surface area contributed by atoms with E-state index in [1.807, 2.05) is 19.3 Å². The van der Waals surface area contributed by atoms with Crippen molar-refractivity contribution >= 4 is 11.8 Å². The minimum Gasteiger partial charge on any atom is -0.510 e. The number of morpholine rings is 1. The van der Waals surface area contributed by atoms with Crippen molar-refractivity contribution < 1.29 is 58.5 Å². The van der Waals surface area contributed by atoms with Gasteiger partial charge in [0.2, 0.25) is 0 Å². The van der Waals surface area contributed by atoms with Crippen LogP contribution in [0.2, 0.25) is 0 Å². The first-order valence-corrected chi connectivity index (χ1v) is 9.46. The second kappa shape index (κ2) is 13.8. The van der Waals surface area contributed by atoms with Gasteiger partial charge in [-0.25, -0.2) is 15.0 Å². The maximum absolute atomic E-state index is 5.40. The summed E-state index contributed by atoms with van der Waals surface area (Å²) in [6, 6.07) is 0. The SMILES string of the molecule is Cc1ncc(-c2nc(N3CCOCC3)nc3c2CC[N-]3)cn1.[CH2-]CN([CH2-])C[CH2-].[W+2].[Y]. The Labute approximate surface area is 219 Å². The van der Waals surface area contributed by atoms with E-state index in [0.717, 1.165) is 73.6 Å². The standard InChI is InChI=1S/C15H17N6O.C5H10N.W.Y/c1-10-17-8-11(9-18-10)13-12-2-3-16-14(12)20-15(19-13)21-4-6-22-7-5-21;1-4-6(3)5-2;;/h8-9H,2-7H2,1H3;1-5H2;;/q-1;-3;+2;. The van der Waals surface area contributed by atoms with E-state index in [2.05, 4.69) is 46.1 Å². The van der Waals surface area contributed by atoms with E-state index in [0.29, 0.717) is 13.2 Å². The Morgan fingerprint density at radius 2 is 1.77 bits per heavy atom. The minimum absolute atomic E-state index is 0. The summed E-state index contributed by atoms with van der Waals surface area (Å²) in [7, 11) is 3.58. The topological polar surface area (TPSA) is 81.4 Å². The molecule has 2 aliphatic rings. The fraction of sp³-hybridized carbons (Fsp3) is 0.450. The molecule has 0 aliphatic carbocycles. The van der Waals surface area contributed by atoms with Gasteiger partial charge in [0.25, 0.3) is 0 Å². The molecule has 2 aromatic rings. The molecule has 10 heteroatoms. The molecule has 30 heavy (non-hydrogen) atoms. The zero-order valence-corrected chi connectivity index (χ0v) is 23.2. The summed E-state index contributed by atoms with van der Waals surface area (Å²) in [6.45, 7) is 14.3. The van der Waals surface area contributed by atoms with Crippen LogP contribution in [0.3, 0.4) is 0 Å². The fourth-order valence-corrected chi connectivity index (χ4v) is 2.87. The Bertz CT molecular complexity index is 768. The largest absolute Gasteiger partial charge is 2.00 e. The van der Waals surface area contributed by atoms with Gasteiger partial charge in [-0.15, -0.1) is 0 Å². The van der Waals surface area contributed by atoms with Crippen LogP contribution in [0, 0.1) is 27.8 Å². The third-order valence-electron chi connectivity index (χ3n) is 4.58. The van der Waals surface area contributed by atoms with Crippen LogP contribution in [0.25, 0.3) is 16.6 Å². The van der Waals surface area contributed by atoms with Gasteiger partial charge in [-0.05, 0) is 25.5 Å². The van der Waals surface area contributed by atoms with E-state index in [-0.39, 0.29) is 53.8 Å². The predicted octanol–water partition coefficient (Wildman–Crippen LogP) is 2.38. The molecule has 4 rings (SSSR count). The molecule has 1 saturated heterocycles. The molecule has 0 N–H and O–H groups in total. The van der Waals surface area contributed by atoms with Crippen molar-refractivity contribution in [1.82, 2.24) is 24.8 Å². The van der Waals surface area contributed by atoms with E-state index < -0.39 is 0 Å². The van der Waals surface area contributed by atoms with E-state index in [1.165, 1.54) is 0 Å². The third-order valence-corrected chi connectivity index (χ3v) is 4.58. The van der Waals surface area contributed by atoms with Gasteiger partial charge in [0.1, 0.15) is 11.8 Å². The predicted molar refractivity (Wildman–Crippen MR) is 110 cm³/mol. The monoisotopic (exact) mass is 654 g/mol. The van der Waals surface area contributed by atoms with E-state index in [9.17, 15) is 0 Å². The molecular weight excluding hydrogens is 627 g/mol. The van der Waals surface area contributed by atoms with Crippen molar-refractivity contribution in [2.75, 3.05) is 50.8 Å². The average Bonchev–Trinajstić information content (AvgIpc) is 3.23. The van der Waals surface area contributed by atoms with Gasteiger partial charge < -0.3 is 38.7 Å². The summed E-state index contributed by atoms with van der Waals surface area (Å²) >= 11 is 0. The van der Waals surface area contributed by atoms with Crippen molar-refractivity contribution in [3.05, 3.63) is 50.0 Å². The molecule has 0 unspecified atom stereocenters. The number of nitrogens with zero attached hydrogens (tertiary/aromatic N) is 7. The second-order valence-corrected chi connectivity index (χ2v) is 6.54. The Morgan fingerprint density at radius 1 is 1.13 bits per heavy atom. The number of anilines is 1. The molecule has 0 bridgehead atoms. The van der Waals surface area contributed by atoms with Gasteiger partial charge in [-0.1, -0.05) is 5.82 Å². The minimum atomic E-state index is 0. The number of hydrogen-bond acceptors (Lipinski definition) is 7. The van der Waals surface area contributed by atoms with E-state index in [4.69, 9.17) is 9.72 Å². The molecule has 0 amide bonds. The molecule has 2 aliphatic heterocycles. The molecule has 1 radical (unpaired) electrons. The van der Waals surface area contributed by atoms with Crippen molar-refractivity contribution in [2.45, 2.75) is 13.3 Å². The Morgan fingerprint density at radius 3 is 2.33 bits per heavy atom. The number of rotatable bonds is 4. The van der Waals surface area contributed by atoms with Crippen LogP contribution in [0.4, 0.5) is 11.8 Å². The maximum Gasteiger partial charge on any atom is 2.00 e. The molecular formula is C20H27N7OWY-2. The summed E-state index contributed by atoms with van der Waals surface area (Å²) in [5.74, 6) is 2.29. The van der Waals surface area contributed by atoms with Crippen LogP contribution in [0.15, 0.2) is 12.4 Å². The number of aromatic nitrogens is 4. The smallest absolute Gasteiger partial charge is 0.510 e. The van der Waals surface area contributed by atoms with Crippen molar-refractivity contribution in [3.8, 4) is 11.3 Å². The summed E-state index contributed by atoms with van der Waals surface area (Å²) in [6.07, 6.45) is 4.53. The molecule has 0 aromatic carbocycles. The quantitative estimate of drug-likeness (QED) is 0.469. The number of ether oxygens (including phenoxy) is 1. The second-order valence-electron chi connectivity index (χ2n) is 6.54. The molecule has 0 spiro atoms. The van der Waals surface area contributed by atoms with Gasteiger partial charge in [-0.2, -0.15) is 13.1 Å². The van der Waals surface area contributed by atoms with Crippen LogP contribution in [0.5, 0.6) is 0 Å². The van der Waals surface area contributed by atoms with Crippen LogP contribution in [0.1, 0.15) is 11.4 Å². The van der Waals surface area contributed by atoms with E-state index in [1.54, 1.807) is 4.90 Å². The third kappa shape index (κ3) is 7.27. The summed E-state index contributed by atoms with van der Waals surface area (Å²) in [5, 5.41) is 4.51. The van der Waals surface area contributed by atoms with Crippen molar-refractivity contribution in [3.63, 3.8) is 0 Å². The fourth-order valence-electron chi connectivity index (χ4n) is 2.87. The van der Waals surface area contributed by atoms with Gasteiger partial charge in [0.05, 0.1) is 18.9 Å². The summed E-state index contributed by atoms with van der Waals surface area (Å²) < 4.78 is 5.40. The zero-order valence-electron chi connectivity index (χ0n) is 17.5. The first-order chi connectivity index (χ1) is 13.6. The van der Waals surface area contributed by atoms with Gasteiger partial charge in [0, 0.05) is 63.8 Å². The zero-order chi connectivity index (χ0) is 19.9. The molecule has 8 nitrogen and oxygen atoms in total. The Hall–Kier alpha value is -0.528. The summed E-state index contributed by atoms with van der Waals surface area (Å²) in [5.41, 5.74) is 2.94. The van der Waals surface area contributed by atoms with Crippen LogP contribution in [-0.4, -0.2) is 70.8 Å². The van der Waals surface area contributed by atoms with Gasteiger partial charge >= 0.3 is 21.1 Å². The van der Waals surface area contributed by atoms with Gasteiger partial charge in [0.15, 0.2) is 0 Å². The van der Waals surface area contributed by atoms with Crippen molar-refractivity contribution in [2.24, 2.45) is 0 Å². The first-order valence-electron chi connectivity index (χ1n) is 9.46. The van der Waals surface area contributed by atoms with Crippen molar-refractivity contribution in [1.29, 1.82) is 0 Å². The van der Waals surface area contributed by atoms with Crippen LogP contribution < -0.4 is 4.90 Å². The molecule has 0 saturated carbocycles.